The molecule has 1 amide bonds. The number of guanidine groups is 1. The summed E-state index contributed by atoms with van der Waals surface area (Å²) < 4.78 is 5.26. The van der Waals surface area contributed by atoms with Gasteiger partial charge in [-0.25, -0.2) is 4.99 Å². The van der Waals surface area contributed by atoms with Gasteiger partial charge in [0.05, 0.1) is 6.61 Å². The smallest absolute Gasteiger partial charge is 0.243 e. The Labute approximate surface area is 139 Å². The fourth-order valence-corrected chi connectivity index (χ4v) is 1.16. The third-order valence-electron chi connectivity index (χ3n) is 2.61. The van der Waals surface area contributed by atoms with Crippen molar-refractivity contribution in [3.05, 3.63) is 0 Å². The standard InChI is InChI=1S/C13H28N4O2.HI/c1-6-11(3)16-13(14-8-9-19-7-2)15-10-12(18)17(4)5;/h11H,6-10H2,1-5H3,(H2,14,15,16);1H. The zero-order chi connectivity index (χ0) is 14.7. The van der Waals surface area contributed by atoms with Crippen molar-refractivity contribution in [3.63, 3.8) is 0 Å². The minimum atomic E-state index is -0.0185. The Morgan fingerprint density at radius 2 is 2.00 bits per heavy atom. The van der Waals surface area contributed by atoms with Gasteiger partial charge in [0.15, 0.2) is 5.96 Å². The second-order valence-electron chi connectivity index (χ2n) is 4.53. The van der Waals surface area contributed by atoms with E-state index in [0.717, 1.165) is 6.42 Å². The van der Waals surface area contributed by atoms with Crippen molar-refractivity contribution >= 4 is 35.8 Å². The Morgan fingerprint density at radius 3 is 2.50 bits per heavy atom. The van der Waals surface area contributed by atoms with Crippen LogP contribution in [0.1, 0.15) is 27.2 Å². The highest BCUT2D eigenvalue weighted by atomic mass is 127. The lowest BCUT2D eigenvalue weighted by molar-refractivity contribution is -0.127. The van der Waals surface area contributed by atoms with E-state index < -0.39 is 0 Å². The first kappa shape index (κ1) is 21.7. The molecule has 0 heterocycles. The maximum Gasteiger partial charge on any atom is 0.243 e. The van der Waals surface area contributed by atoms with Crippen LogP contribution in [-0.4, -0.2) is 63.2 Å². The molecule has 20 heavy (non-hydrogen) atoms. The van der Waals surface area contributed by atoms with Crippen molar-refractivity contribution in [1.82, 2.24) is 15.5 Å². The van der Waals surface area contributed by atoms with Crippen molar-refractivity contribution in [2.75, 3.05) is 40.4 Å². The van der Waals surface area contributed by atoms with Gasteiger partial charge in [-0.1, -0.05) is 6.92 Å². The van der Waals surface area contributed by atoms with Crippen molar-refractivity contribution < 1.29 is 9.53 Å². The van der Waals surface area contributed by atoms with Crippen molar-refractivity contribution in [3.8, 4) is 0 Å². The number of likely N-dealkylation sites (N-methyl/N-ethyl adjacent to an activating group) is 1. The van der Waals surface area contributed by atoms with Crippen LogP contribution in [0.5, 0.6) is 0 Å². The van der Waals surface area contributed by atoms with Gasteiger partial charge in [0.2, 0.25) is 5.91 Å². The van der Waals surface area contributed by atoms with Gasteiger partial charge in [0.25, 0.3) is 0 Å². The lowest BCUT2D eigenvalue weighted by Crippen LogP contribution is -2.43. The fraction of sp³-hybridized carbons (Fsp3) is 0.846. The van der Waals surface area contributed by atoms with Gasteiger partial charge in [-0.2, -0.15) is 0 Å². The monoisotopic (exact) mass is 400 g/mol. The summed E-state index contributed by atoms with van der Waals surface area (Å²) in [6, 6.07) is 0.313. The SMILES string of the molecule is CCOCCNC(=NCC(=O)N(C)C)NC(C)CC.I. The lowest BCUT2D eigenvalue weighted by Gasteiger charge is -2.17. The van der Waals surface area contributed by atoms with Gasteiger partial charge in [-0.05, 0) is 20.3 Å². The molecule has 0 saturated carbocycles. The van der Waals surface area contributed by atoms with Crippen LogP contribution >= 0.6 is 24.0 Å². The third-order valence-corrected chi connectivity index (χ3v) is 2.61. The highest BCUT2D eigenvalue weighted by Gasteiger charge is 2.06. The molecule has 0 bridgehead atoms. The van der Waals surface area contributed by atoms with E-state index in [1.54, 1.807) is 14.1 Å². The molecule has 0 fully saturated rings. The van der Waals surface area contributed by atoms with E-state index in [-0.39, 0.29) is 36.4 Å². The quantitative estimate of drug-likeness (QED) is 0.277. The van der Waals surface area contributed by atoms with Gasteiger partial charge < -0.3 is 20.3 Å². The average molecular weight is 400 g/mol. The number of nitrogens with one attached hydrogen (secondary N) is 2. The normalized spacial score (nSPS) is 12.3. The molecule has 0 aliphatic rings. The van der Waals surface area contributed by atoms with Crippen molar-refractivity contribution in [2.24, 2.45) is 4.99 Å². The summed E-state index contributed by atoms with van der Waals surface area (Å²) in [5.41, 5.74) is 0. The van der Waals surface area contributed by atoms with E-state index >= 15 is 0 Å². The minimum absolute atomic E-state index is 0. The maximum absolute atomic E-state index is 11.5. The summed E-state index contributed by atoms with van der Waals surface area (Å²) in [6.07, 6.45) is 0.994. The lowest BCUT2D eigenvalue weighted by atomic mass is 10.3. The molecule has 0 aromatic rings. The molecule has 0 aliphatic heterocycles. The van der Waals surface area contributed by atoms with Crippen LogP contribution in [0.3, 0.4) is 0 Å². The molecule has 0 aromatic carbocycles. The predicted molar refractivity (Wildman–Crippen MR) is 93.8 cm³/mol. The van der Waals surface area contributed by atoms with Crippen LogP contribution < -0.4 is 10.6 Å². The molecule has 120 valence electrons. The molecule has 0 radical (unpaired) electrons. The van der Waals surface area contributed by atoms with E-state index in [9.17, 15) is 4.79 Å². The molecule has 6 nitrogen and oxygen atoms in total. The number of aliphatic imine (C=N–C) groups is 1. The number of ether oxygens (including phenoxy) is 1. The summed E-state index contributed by atoms with van der Waals surface area (Å²) in [4.78, 5) is 17.3. The number of nitrogens with zero attached hydrogens (tertiary/aromatic N) is 2. The van der Waals surface area contributed by atoms with Gasteiger partial charge in [-0.15, -0.1) is 24.0 Å². The number of hydrogen-bond acceptors (Lipinski definition) is 3. The van der Waals surface area contributed by atoms with Crippen LogP contribution in [0.15, 0.2) is 4.99 Å². The Kier molecular flexibility index (Phi) is 14.6. The number of carbonyl (C=O) groups excluding carboxylic acids is 1. The molecule has 0 aliphatic carbocycles. The molecule has 2 N–H and O–H groups in total. The molecule has 0 rings (SSSR count). The summed E-state index contributed by atoms with van der Waals surface area (Å²) in [7, 11) is 3.45. The van der Waals surface area contributed by atoms with Crippen LogP contribution in [-0.2, 0) is 9.53 Å². The highest BCUT2D eigenvalue weighted by Crippen LogP contribution is 1.88. The van der Waals surface area contributed by atoms with E-state index in [2.05, 4.69) is 29.5 Å². The molecule has 0 saturated heterocycles. The number of halogens is 1. The fourth-order valence-electron chi connectivity index (χ4n) is 1.16. The first-order valence-electron chi connectivity index (χ1n) is 6.83. The third kappa shape index (κ3) is 11.3. The first-order chi connectivity index (χ1) is 9.01. The van der Waals surface area contributed by atoms with Crippen molar-refractivity contribution in [2.45, 2.75) is 33.2 Å². The molecule has 1 atom stereocenters. The topological polar surface area (TPSA) is 66.0 Å². The molecular weight excluding hydrogens is 371 g/mol. The Hall–Kier alpha value is -0.570. The Balaban J connectivity index is 0. The summed E-state index contributed by atoms with van der Waals surface area (Å²) in [5.74, 6) is 0.638. The van der Waals surface area contributed by atoms with Crippen LogP contribution in [0.25, 0.3) is 0 Å². The first-order valence-corrected chi connectivity index (χ1v) is 6.83. The zero-order valence-electron chi connectivity index (χ0n) is 13.2. The van der Waals surface area contributed by atoms with E-state index in [1.807, 2.05) is 6.92 Å². The van der Waals surface area contributed by atoms with E-state index in [1.165, 1.54) is 4.90 Å². The predicted octanol–water partition coefficient (Wildman–Crippen LogP) is 1.06. The highest BCUT2D eigenvalue weighted by molar-refractivity contribution is 14.0. The van der Waals surface area contributed by atoms with Gasteiger partial charge in [0, 0.05) is 33.3 Å². The minimum Gasteiger partial charge on any atom is -0.380 e. The molecule has 1 unspecified atom stereocenters. The van der Waals surface area contributed by atoms with Gasteiger partial charge in [-0.3, -0.25) is 4.79 Å². The van der Waals surface area contributed by atoms with Gasteiger partial charge in [0.1, 0.15) is 6.54 Å². The summed E-state index contributed by atoms with van der Waals surface area (Å²) >= 11 is 0. The summed E-state index contributed by atoms with van der Waals surface area (Å²) in [6.45, 7) is 8.28. The summed E-state index contributed by atoms with van der Waals surface area (Å²) in [5, 5.41) is 6.41. The molecule has 7 heteroatoms. The van der Waals surface area contributed by atoms with E-state index in [0.29, 0.717) is 31.8 Å². The maximum atomic E-state index is 11.5. The zero-order valence-corrected chi connectivity index (χ0v) is 15.6. The molecular formula is C13H29IN4O2. The van der Waals surface area contributed by atoms with Crippen LogP contribution in [0, 0.1) is 0 Å². The molecule has 0 aromatic heterocycles. The number of amides is 1. The van der Waals surface area contributed by atoms with Crippen molar-refractivity contribution in [1.29, 1.82) is 0 Å². The Morgan fingerprint density at radius 1 is 1.35 bits per heavy atom. The average Bonchev–Trinajstić information content (AvgIpc) is 2.39. The number of carbonyl (C=O) groups is 1. The second-order valence-corrected chi connectivity index (χ2v) is 4.53. The molecule has 0 spiro atoms. The van der Waals surface area contributed by atoms with Gasteiger partial charge >= 0.3 is 0 Å². The number of hydrogen-bond donors (Lipinski definition) is 2. The number of rotatable bonds is 8. The van der Waals surface area contributed by atoms with Crippen LogP contribution in [0.2, 0.25) is 0 Å². The second kappa shape index (κ2) is 13.4. The van der Waals surface area contributed by atoms with E-state index in [4.69, 9.17) is 4.74 Å². The largest absolute Gasteiger partial charge is 0.380 e. The van der Waals surface area contributed by atoms with Crippen LogP contribution in [0.4, 0.5) is 0 Å². The Bertz CT molecular complexity index is 286.